The van der Waals surface area contributed by atoms with E-state index in [4.69, 9.17) is 32.7 Å². The quantitative estimate of drug-likeness (QED) is 0.313. The molecule has 0 saturated carbocycles. The van der Waals surface area contributed by atoms with Crippen molar-refractivity contribution in [3.63, 3.8) is 0 Å². The summed E-state index contributed by atoms with van der Waals surface area (Å²) >= 11 is 12.3. The first-order chi connectivity index (χ1) is 16.5. The summed E-state index contributed by atoms with van der Waals surface area (Å²) in [5.74, 6) is 1.16. The minimum atomic E-state index is -0.399. The van der Waals surface area contributed by atoms with Gasteiger partial charge in [-0.15, -0.1) is 5.10 Å². The van der Waals surface area contributed by atoms with E-state index in [1.165, 1.54) is 0 Å². The highest BCUT2D eigenvalue weighted by Gasteiger charge is 2.16. The number of benzene rings is 3. The Morgan fingerprint density at radius 1 is 0.971 bits per heavy atom. The van der Waals surface area contributed by atoms with E-state index in [2.05, 4.69) is 20.7 Å². The number of hydrogen-bond acceptors (Lipinski definition) is 5. The van der Waals surface area contributed by atoms with Crippen molar-refractivity contribution in [3.05, 3.63) is 76.8 Å². The van der Waals surface area contributed by atoms with Crippen LogP contribution in [0.2, 0.25) is 10.0 Å². The van der Waals surface area contributed by atoms with E-state index in [9.17, 15) is 4.79 Å². The summed E-state index contributed by atoms with van der Waals surface area (Å²) in [7, 11) is 1.57. The van der Waals surface area contributed by atoms with E-state index < -0.39 is 6.03 Å². The molecule has 10 heteroatoms. The van der Waals surface area contributed by atoms with E-state index in [0.717, 1.165) is 0 Å². The molecule has 4 aromatic rings. The van der Waals surface area contributed by atoms with Crippen molar-refractivity contribution in [2.45, 2.75) is 6.92 Å². The van der Waals surface area contributed by atoms with Gasteiger partial charge in [-0.2, -0.15) is 4.98 Å². The molecule has 0 saturated heterocycles. The van der Waals surface area contributed by atoms with Crippen LogP contribution in [-0.4, -0.2) is 34.5 Å². The highest BCUT2D eigenvalue weighted by atomic mass is 35.5. The third-order valence-corrected chi connectivity index (χ3v) is 5.45. The number of ether oxygens (including phenoxy) is 2. The lowest BCUT2D eigenvalue weighted by atomic mass is 10.2. The molecule has 0 unspecified atom stereocenters. The molecule has 1 aromatic heterocycles. The Labute approximate surface area is 206 Å². The third kappa shape index (κ3) is 5.41. The topological polar surface area (TPSA) is 90.3 Å². The highest BCUT2D eigenvalue weighted by Crippen LogP contribution is 2.30. The van der Waals surface area contributed by atoms with Crippen LogP contribution in [-0.2, 0) is 0 Å². The van der Waals surface area contributed by atoms with Crippen LogP contribution in [0.3, 0.4) is 0 Å². The van der Waals surface area contributed by atoms with Crippen LogP contribution >= 0.6 is 23.2 Å². The zero-order chi connectivity index (χ0) is 24.1. The lowest BCUT2D eigenvalue weighted by Gasteiger charge is -2.11. The Balaban J connectivity index is 1.61. The third-order valence-electron chi connectivity index (χ3n) is 4.72. The molecule has 2 amide bonds. The van der Waals surface area contributed by atoms with Crippen LogP contribution in [0.25, 0.3) is 17.1 Å². The Morgan fingerprint density at radius 2 is 1.71 bits per heavy atom. The summed E-state index contributed by atoms with van der Waals surface area (Å²) in [6.07, 6.45) is 0. The summed E-state index contributed by atoms with van der Waals surface area (Å²) in [6.45, 7) is 2.27. The maximum Gasteiger partial charge on any atom is 0.336 e. The maximum absolute atomic E-state index is 12.5. The van der Waals surface area contributed by atoms with Crippen molar-refractivity contribution < 1.29 is 14.3 Å². The van der Waals surface area contributed by atoms with Crippen LogP contribution in [0.1, 0.15) is 6.92 Å². The van der Waals surface area contributed by atoms with Crippen molar-refractivity contribution in [1.29, 1.82) is 0 Å². The lowest BCUT2D eigenvalue weighted by molar-refractivity contribution is 0.262. The standard InChI is InChI=1S/C24H21Cl2N5O3/c1-3-34-24-29-22(15-10-11-20(25)21(26)12-15)31(30-24)18-8-4-6-16(13-18)27-23(32)28-17-7-5-9-19(14-17)33-2/h4-14H,3H2,1-2H3,(H2,27,28,32). The first-order valence-corrected chi connectivity index (χ1v) is 11.1. The number of aromatic nitrogens is 3. The number of hydrogen-bond donors (Lipinski definition) is 2. The molecule has 34 heavy (non-hydrogen) atoms. The van der Waals surface area contributed by atoms with Crippen molar-refractivity contribution >= 4 is 40.6 Å². The normalized spacial score (nSPS) is 10.6. The number of urea groups is 1. The van der Waals surface area contributed by atoms with Crippen molar-refractivity contribution in [3.8, 4) is 28.8 Å². The highest BCUT2D eigenvalue weighted by molar-refractivity contribution is 6.42. The SMILES string of the molecule is CCOc1nc(-c2ccc(Cl)c(Cl)c2)n(-c2cccc(NC(=O)Nc3cccc(OC)c3)c2)n1. The number of anilines is 2. The average Bonchev–Trinajstić information content (AvgIpc) is 3.25. The van der Waals surface area contributed by atoms with E-state index in [0.29, 0.717) is 50.9 Å². The molecule has 0 radical (unpaired) electrons. The minimum Gasteiger partial charge on any atom is -0.497 e. The predicted molar refractivity (Wildman–Crippen MR) is 134 cm³/mol. The molecule has 0 atom stereocenters. The molecular formula is C24H21Cl2N5O3. The summed E-state index contributed by atoms with van der Waals surface area (Å²) in [6, 6.07) is 19.3. The summed E-state index contributed by atoms with van der Waals surface area (Å²) < 4.78 is 12.3. The molecule has 0 aliphatic heterocycles. The Morgan fingerprint density at radius 3 is 2.41 bits per heavy atom. The van der Waals surface area contributed by atoms with Gasteiger partial charge in [0.25, 0.3) is 0 Å². The first kappa shape index (κ1) is 23.4. The van der Waals surface area contributed by atoms with Gasteiger partial charge < -0.3 is 20.1 Å². The lowest BCUT2D eigenvalue weighted by Crippen LogP contribution is -2.19. The zero-order valence-electron chi connectivity index (χ0n) is 18.4. The van der Waals surface area contributed by atoms with Crippen LogP contribution in [0, 0.1) is 0 Å². The van der Waals surface area contributed by atoms with E-state index in [1.807, 2.05) is 13.0 Å². The second-order valence-corrected chi connectivity index (χ2v) is 7.87. The van der Waals surface area contributed by atoms with Crippen LogP contribution in [0.4, 0.5) is 16.2 Å². The zero-order valence-corrected chi connectivity index (χ0v) is 19.9. The Kier molecular flexibility index (Phi) is 7.20. The van der Waals surface area contributed by atoms with Crippen LogP contribution < -0.4 is 20.1 Å². The molecule has 4 rings (SSSR count). The molecule has 0 aliphatic rings. The molecule has 0 fully saturated rings. The van der Waals surface area contributed by atoms with Crippen molar-refractivity contribution in [2.75, 3.05) is 24.4 Å². The van der Waals surface area contributed by atoms with Gasteiger partial charge in [-0.05, 0) is 55.5 Å². The predicted octanol–water partition coefficient (Wildman–Crippen LogP) is 6.29. The monoisotopic (exact) mass is 497 g/mol. The molecule has 3 aromatic carbocycles. The van der Waals surface area contributed by atoms with Gasteiger partial charge in [0, 0.05) is 23.0 Å². The van der Waals surface area contributed by atoms with Gasteiger partial charge in [-0.1, -0.05) is 35.3 Å². The van der Waals surface area contributed by atoms with Gasteiger partial charge in [-0.3, -0.25) is 0 Å². The molecule has 0 aliphatic carbocycles. The fourth-order valence-corrected chi connectivity index (χ4v) is 3.49. The van der Waals surface area contributed by atoms with Crippen LogP contribution in [0.15, 0.2) is 66.7 Å². The minimum absolute atomic E-state index is 0.220. The fraction of sp³-hybridized carbons (Fsp3) is 0.125. The maximum atomic E-state index is 12.5. The van der Waals surface area contributed by atoms with Gasteiger partial charge in [0.15, 0.2) is 5.82 Å². The molecule has 0 bridgehead atoms. The number of nitrogens with zero attached hydrogens (tertiary/aromatic N) is 3. The van der Waals surface area contributed by atoms with E-state index in [1.54, 1.807) is 72.5 Å². The fourth-order valence-electron chi connectivity index (χ4n) is 3.20. The molecule has 0 spiro atoms. The number of carbonyl (C=O) groups is 1. The van der Waals surface area contributed by atoms with E-state index >= 15 is 0 Å². The number of methoxy groups -OCH3 is 1. The summed E-state index contributed by atoms with van der Waals surface area (Å²) in [5, 5.41) is 10.9. The largest absolute Gasteiger partial charge is 0.497 e. The van der Waals surface area contributed by atoms with Crippen molar-refractivity contribution in [1.82, 2.24) is 14.8 Å². The first-order valence-electron chi connectivity index (χ1n) is 10.3. The van der Waals surface area contributed by atoms with Gasteiger partial charge in [-0.25, -0.2) is 9.48 Å². The summed E-state index contributed by atoms with van der Waals surface area (Å²) in [4.78, 5) is 17.0. The molecule has 1 heterocycles. The number of halogens is 2. The van der Waals surface area contributed by atoms with Gasteiger partial charge in [0.1, 0.15) is 5.75 Å². The Hall–Kier alpha value is -3.75. The summed E-state index contributed by atoms with van der Waals surface area (Å²) in [5.41, 5.74) is 2.54. The van der Waals surface area contributed by atoms with Gasteiger partial charge in [0.05, 0.1) is 29.4 Å². The second-order valence-electron chi connectivity index (χ2n) is 7.05. The second kappa shape index (κ2) is 10.5. The number of nitrogens with one attached hydrogen (secondary N) is 2. The molecule has 174 valence electrons. The van der Waals surface area contributed by atoms with Crippen molar-refractivity contribution in [2.24, 2.45) is 0 Å². The van der Waals surface area contributed by atoms with E-state index in [-0.39, 0.29) is 6.01 Å². The average molecular weight is 498 g/mol. The van der Waals surface area contributed by atoms with Gasteiger partial charge in [0.2, 0.25) is 0 Å². The van der Waals surface area contributed by atoms with Gasteiger partial charge >= 0.3 is 12.0 Å². The molecule has 2 N–H and O–H groups in total. The number of amides is 2. The number of carbonyl (C=O) groups excluding carboxylic acids is 1. The van der Waals surface area contributed by atoms with Crippen LogP contribution in [0.5, 0.6) is 11.8 Å². The molecule has 8 nitrogen and oxygen atoms in total. The smallest absolute Gasteiger partial charge is 0.336 e. The number of rotatable bonds is 7. The Bertz CT molecular complexity index is 1330. The molecular weight excluding hydrogens is 477 g/mol.